The summed E-state index contributed by atoms with van der Waals surface area (Å²) in [7, 11) is 1.50. The van der Waals surface area contributed by atoms with Crippen molar-refractivity contribution in [3.05, 3.63) is 23.8 Å². The Morgan fingerprint density at radius 2 is 2.00 bits per heavy atom. The fourth-order valence-electron chi connectivity index (χ4n) is 3.37. The SMILES string of the molecule is COc1ccc(C(=O)O)cc1NC(=O)C1C2CCCC21. The highest BCUT2D eigenvalue weighted by atomic mass is 16.5. The van der Waals surface area contributed by atoms with E-state index in [0.29, 0.717) is 23.3 Å². The predicted octanol–water partition coefficient (Wildman–Crippen LogP) is 2.38. The van der Waals surface area contributed by atoms with Crippen LogP contribution in [0.2, 0.25) is 0 Å². The Balaban J connectivity index is 1.77. The van der Waals surface area contributed by atoms with Crippen LogP contribution in [0.3, 0.4) is 0 Å². The van der Waals surface area contributed by atoms with Crippen LogP contribution in [0.15, 0.2) is 18.2 Å². The van der Waals surface area contributed by atoms with E-state index >= 15 is 0 Å². The van der Waals surface area contributed by atoms with Crippen LogP contribution >= 0.6 is 0 Å². The number of rotatable bonds is 4. The molecule has 5 heteroatoms. The first-order chi connectivity index (χ1) is 9.61. The molecule has 0 spiro atoms. The second-order valence-corrected chi connectivity index (χ2v) is 5.49. The summed E-state index contributed by atoms with van der Waals surface area (Å²) in [6, 6.07) is 4.46. The van der Waals surface area contributed by atoms with Gasteiger partial charge in [0, 0.05) is 5.92 Å². The molecule has 3 rings (SSSR count). The summed E-state index contributed by atoms with van der Waals surface area (Å²) in [6.07, 6.45) is 3.49. The molecule has 1 aromatic carbocycles. The Hall–Kier alpha value is -2.04. The average Bonchev–Trinajstić information content (AvgIpc) is 2.92. The number of carbonyl (C=O) groups is 2. The Morgan fingerprint density at radius 1 is 1.30 bits per heavy atom. The van der Waals surface area contributed by atoms with E-state index in [1.165, 1.54) is 25.7 Å². The molecule has 2 saturated carbocycles. The molecule has 5 nitrogen and oxygen atoms in total. The van der Waals surface area contributed by atoms with Gasteiger partial charge in [0.1, 0.15) is 5.75 Å². The molecule has 106 valence electrons. The number of anilines is 1. The normalized spacial score (nSPS) is 26.8. The maximum absolute atomic E-state index is 12.2. The lowest BCUT2D eigenvalue weighted by molar-refractivity contribution is -0.118. The van der Waals surface area contributed by atoms with Crippen LogP contribution in [0.25, 0.3) is 0 Å². The summed E-state index contributed by atoms with van der Waals surface area (Å²) >= 11 is 0. The van der Waals surface area contributed by atoms with Crippen LogP contribution in [0.4, 0.5) is 5.69 Å². The van der Waals surface area contributed by atoms with Crippen molar-refractivity contribution in [1.82, 2.24) is 0 Å². The average molecular weight is 275 g/mol. The Morgan fingerprint density at radius 3 is 2.60 bits per heavy atom. The van der Waals surface area contributed by atoms with Gasteiger partial charge in [-0.05, 0) is 42.9 Å². The molecule has 0 aliphatic heterocycles. The van der Waals surface area contributed by atoms with E-state index in [1.807, 2.05) is 0 Å². The lowest BCUT2D eigenvalue weighted by Crippen LogP contribution is -2.17. The highest BCUT2D eigenvalue weighted by Crippen LogP contribution is 2.57. The van der Waals surface area contributed by atoms with Gasteiger partial charge in [-0.1, -0.05) is 6.42 Å². The maximum atomic E-state index is 12.2. The number of benzene rings is 1. The highest BCUT2D eigenvalue weighted by Gasteiger charge is 2.56. The number of carboxylic acid groups (broad SMARTS) is 1. The summed E-state index contributed by atoms with van der Waals surface area (Å²) in [4.78, 5) is 23.2. The molecule has 2 N–H and O–H groups in total. The molecule has 0 radical (unpaired) electrons. The number of hydrogen-bond donors (Lipinski definition) is 2. The number of carbonyl (C=O) groups excluding carboxylic acids is 1. The van der Waals surface area contributed by atoms with Crippen molar-refractivity contribution in [3.8, 4) is 5.75 Å². The first kappa shape index (κ1) is 13.0. The summed E-state index contributed by atoms with van der Waals surface area (Å²) in [6.45, 7) is 0. The molecule has 0 bridgehead atoms. The number of methoxy groups -OCH3 is 1. The van der Waals surface area contributed by atoms with Crippen molar-refractivity contribution in [2.75, 3.05) is 12.4 Å². The number of fused-ring (bicyclic) bond motifs is 1. The largest absolute Gasteiger partial charge is 0.495 e. The standard InChI is InChI=1S/C15H17NO4/c1-20-12-6-5-8(15(18)19)7-11(12)16-14(17)13-9-3-2-4-10(9)13/h5-7,9-10,13H,2-4H2,1H3,(H,16,17)(H,18,19). The minimum absolute atomic E-state index is 0.0134. The van der Waals surface area contributed by atoms with Crippen LogP contribution < -0.4 is 10.1 Å². The zero-order chi connectivity index (χ0) is 14.3. The second kappa shape index (κ2) is 4.81. The van der Waals surface area contributed by atoms with E-state index in [2.05, 4.69) is 5.32 Å². The smallest absolute Gasteiger partial charge is 0.335 e. The van der Waals surface area contributed by atoms with E-state index in [-0.39, 0.29) is 17.4 Å². The first-order valence-electron chi connectivity index (χ1n) is 6.84. The Labute approximate surface area is 116 Å². The van der Waals surface area contributed by atoms with Gasteiger partial charge in [0.25, 0.3) is 0 Å². The Bertz CT molecular complexity index is 559. The number of aromatic carboxylic acids is 1. The van der Waals surface area contributed by atoms with Gasteiger partial charge in [-0.25, -0.2) is 4.79 Å². The van der Waals surface area contributed by atoms with Crippen molar-refractivity contribution < 1.29 is 19.4 Å². The molecule has 20 heavy (non-hydrogen) atoms. The van der Waals surface area contributed by atoms with Gasteiger partial charge in [-0.2, -0.15) is 0 Å². The maximum Gasteiger partial charge on any atom is 0.335 e. The predicted molar refractivity (Wildman–Crippen MR) is 72.9 cm³/mol. The van der Waals surface area contributed by atoms with Gasteiger partial charge in [0.2, 0.25) is 5.91 Å². The molecule has 2 atom stereocenters. The molecule has 2 unspecified atom stereocenters. The van der Waals surface area contributed by atoms with Gasteiger partial charge in [0.05, 0.1) is 18.4 Å². The third-order valence-electron chi connectivity index (χ3n) is 4.41. The van der Waals surface area contributed by atoms with E-state index in [1.54, 1.807) is 6.07 Å². The van der Waals surface area contributed by atoms with Crippen LogP contribution in [0.5, 0.6) is 5.75 Å². The summed E-state index contributed by atoms with van der Waals surface area (Å²) in [5.41, 5.74) is 0.569. The van der Waals surface area contributed by atoms with Gasteiger partial charge in [-0.3, -0.25) is 4.79 Å². The number of nitrogens with one attached hydrogen (secondary N) is 1. The lowest BCUT2D eigenvalue weighted by atomic mass is 10.1. The second-order valence-electron chi connectivity index (χ2n) is 5.49. The third kappa shape index (κ3) is 2.13. The van der Waals surface area contributed by atoms with Crippen LogP contribution in [-0.4, -0.2) is 24.1 Å². The molecule has 1 amide bonds. The topological polar surface area (TPSA) is 75.6 Å². The monoisotopic (exact) mass is 275 g/mol. The fourth-order valence-corrected chi connectivity index (χ4v) is 3.37. The molecule has 0 heterocycles. The molecule has 2 fully saturated rings. The zero-order valence-corrected chi connectivity index (χ0v) is 11.3. The van der Waals surface area contributed by atoms with Gasteiger partial charge >= 0.3 is 5.97 Å². The van der Waals surface area contributed by atoms with E-state index in [4.69, 9.17) is 9.84 Å². The number of amides is 1. The van der Waals surface area contributed by atoms with Crippen LogP contribution in [-0.2, 0) is 4.79 Å². The van der Waals surface area contributed by atoms with Crippen molar-refractivity contribution in [2.24, 2.45) is 17.8 Å². The van der Waals surface area contributed by atoms with Crippen molar-refractivity contribution in [3.63, 3.8) is 0 Å². The third-order valence-corrected chi connectivity index (χ3v) is 4.41. The molecular formula is C15H17NO4. The number of hydrogen-bond acceptors (Lipinski definition) is 3. The van der Waals surface area contributed by atoms with Crippen LogP contribution in [0, 0.1) is 17.8 Å². The first-order valence-corrected chi connectivity index (χ1v) is 6.84. The molecule has 0 saturated heterocycles. The molecular weight excluding hydrogens is 258 g/mol. The Kier molecular flexibility index (Phi) is 3.12. The van der Waals surface area contributed by atoms with Crippen LogP contribution in [0.1, 0.15) is 29.6 Å². The summed E-state index contributed by atoms with van der Waals surface area (Å²) in [5.74, 6) is 0.607. The quantitative estimate of drug-likeness (QED) is 0.884. The highest BCUT2D eigenvalue weighted by molar-refractivity contribution is 5.98. The molecule has 1 aromatic rings. The van der Waals surface area contributed by atoms with E-state index < -0.39 is 5.97 Å². The molecule has 2 aliphatic carbocycles. The number of carboxylic acids is 1. The van der Waals surface area contributed by atoms with Gasteiger partial charge in [0.15, 0.2) is 0 Å². The van der Waals surface area contributed by atoms with Gasteiger partial charge < -0.3 is 15.2 Å². The van der Waals surface area contributed by atoms with E-state index in [9.17, 15) is 9.59 Å². The zero-order valence-electron chi connectivity index (χ0n) is 11.3. The van der Waals surface area contributed by atoms with Crippen molar-refractivity contribution in [1.29, 1.82) is 0 Å². The fraction of sp³-hybridized carbons (Fsp3) is 0.467. The summed E-state index contributed by atoms with van der Waals surface area (Å²) in [5, 5.41) is 11.8. The number of ether oxygens (including phenoxy) is 1. The van der Waals surface area contributed by atoms with Crippen molar-refractivity contribution >= 4 is 17.6 Å². The van der Waals surface area contributed by atoms with E-state index in [0.717, 1.165) is 12.8 Å². The lowest BCUT2D eigenvalue weighted by Gasteiger charge is -2.11. The minimum atomic E-state index is -1.02. The van der Waals surface area contributed by atoms with Crippen molar-refractivity contribution in [2.45, 2.75) is 19.3 Å². The van der Waals surface area contributed by atoms with Gasteiger partial charge in [-0.15, -0.1) is 0 Å². The minimum Gasteiger partial charge on any atom is -0.495 e. The molecule has 0 aromatic heterocycles. The summed E-state index contributed by atoms with van der Waals surface area (Å²) < 4.78 is 5.17. The molecule has 2 aliphatic rings.